The van der Waals surface area contributed by atoms with Gasteiger partial charge in [-0.3, -0.25) is 4.79 Å². The molecule has 1 amide bonds. The normalized spacial score (nSPS) is 19.3. The van der Waals surface area contributed by atoms with Gasteiger partial charge in [-0.1, -0.05) is 6.07 Å². The molecule has 0 aromatic heterocycles. The zero-order valence-corrected chi connectivity index (χ0v) is 12.2. The second kappa shape index (κ2) is 6.02. The van der Waals surface area contributed by atoms with E-state index in [-0.39, 0.29) is 11.5 Å². The van der Waals surface area contributed by atoms with Crippen molar-refractivity contribution in [2.75, 3.05) is 19.0 Å². The van der Waals surface area contributed by atoms with Crippen molar-refractivity contribution in [1.82, 2.24) is 4.90 Å². The van der Waals surface area contributed by atoms with Gasteiger partial charge in [0.1, 0.15) is 5.82 Å². The number of likely N-dealkylation sites (tertiary alicyclic amines) is 1. The highest BCUT2D eigenvalue weighted by Gasteiger charge is 2.28. The lowest BCUT2D eigenvalue weighted by Gasteiger charge is -2.17. The average molecular weight is 335 g/mol. The Hall–Kier alpha value is -0.610. The molecule has 1 saturated heterocycles. The Morgan fingerprint density at radius 1 is 1.56 bits per heavy atom. The first kappa shape index (κ1) is 13.8. The summed E-state index contributed by atoms with van der Waals surface area (Å²) < 4.78 is 14.2. The van der Waals surface area contributed by atoms with E-state index in [2.05, 4.69) is 15.9 Å². The maximum absolute atomic E-state index is 13.8. The maximum Gasteiger partial charge on any atom is 0.256 e. The van der Waals surface area contributed by atoms with Gasteiger partial charge >= 0.3 is 0 Å². The molecule has 0 N–H and O–H groups in total. The second-order valence-corrected chi connectivity index (χ2v) is 5.72. The molecule has 1 aromatic rings. The fourth-order valence-electron chi connectivity index (χ4n) is 2.25. The molecule has 0 bridgehead atoms. The largest absolute Gasteiger partial charge is 0.338 e. The first-order chi connectivity index (χ1) is 8.63. The van der Waals surface area contributed by atoms with Crippen LogP contribution in [0.5, 0.6) is 0 Å². The number of halogens is 3. The predicted octanol–water partition coefficient (Wildman–Crippen LogP) is 3.68. The van der Waals surface area contributed by atoms with Gasteiger partial charge in [0.25, 0.3) is 5.91 Å². The van der Waals surface area contributed by atoms with Gasteiger partial charge in [0, 0.05) is 19.0 Å². The standard InChI is InChI=1S/C13H14BrClFNO/c14-11-3-1-2-10(12(11)16)13(18)17-7-5-9(8-17)4-6-15/h1-3,9H,4-8H2. The second-order valence-electron chi connectivity index (χ2n) is 4.48. The van der Waals surface area contributed by atoms with E-state index >= 15 is 0 Å². The van der Waals surface area contributed by atoms with E-state index in [0.717, 1.165) is 12.8 Å². The van der Waals surface area contributed by atoms with Crippen molar-refractivity contribution in [2.24, 2.45) is 5.92 Å². The molecule has 0 spiro atoms. The average Bonchev–Trinajstić information content (AvgIpc) is 2.81. The highest BCUT2D eigenvalue weighted by atomic mass is 79.9. The van der Waals surface area contributed by atoms with Gasteiger partial charge in [0.15, 0.2) is 0 Å². The van der Waals surface area contributed by atoms with Crippen molar-refractivity contribution in [3.8, 4) is 0 Å². The number of rotatable bonds is 3. The highest BCUT2D eigenvalue weighted by Crippen LogP contribution is 2.24. The summed E-state index contributed by atoms with van der Waals surface area (Å²) in [5, 5.41) is 0. The molecule has 2 rings (SSSR count). The number of nitrogens with zero attached hydrogens (tertiary/aromatic N) is 1. The molecule has 1 aliphatic heterocycles. The number of amides is 1. The molecule has 1 unspecified atom stereocenters. The van der Waals surface area contributed by atoms with Crippen LogP contribution in [0.4, 0.5) is 4.39 Å². The third-order valence-corrected chi connectivity index (χ3v) is 4.10. The van der Waals surface area contributed by atoms with Gasteiger partial charge in [0.05, 0.1) is 10.0 Å². The molecule has 1 heterocycles. The Balaban J connectivity index is 2.11. The van der Waals surface area contributed by atoms with Gasteiger partial charge in [-0.15, -0.1) is 11.6 Å². The molecule has 5 heteroatoms. The lowest BCUT2D eigenvalue weighted by Crippen LogP contribution is -2.29. The van der Waals surface area contributed by atoms with E-state index in [1.807, 2.05) is 0 Å². The Morgan fingerprint density at radius 3 is 3.06 bits per heavy atom. The first-order valence-corrected chi connectivity index (χ1v) is 7.25. The number of benzene rings is 1. The third kappa shape index (κ3) is 2.86. The smallest absolute Gasteiger partial charge is 0.256 e. The van der Waals surface area contributed by atoms with E-state index in [0.29, 0.717) is 29.4 Å². The predicted molar refractivity (Wildman–Crippen MR) is 73.4 cm³/mol. The highest BCUT2D eigenvalue weighted by molar-refractivity contribution is 9.10. The summed E-state index contributed by atoms with van der Waals surface area (Å²) >= 11 is 8.80. The zero-order chi connectivity index (χ0) is 13.1. The maximum atomic E-state index is 13.8. The molecular formula is C13H14BrClFNO. The van der Waals surface area contributed by atoms with E-state index in [1.165, 1.54) is 6.07 Å². The lowest BCUT2D eigenvalue weighted by atomic mass is 10.1. The molecule has 1 aromatic carbocycles. The molecule has 98 valence electrons. The van der Waals surface area contributed by atoms with Crippen LogP contribution in [0, 0.1) is 11.7 Å². The lowest BCUT2D eigenvalue weighted by molar-refractivity contribution is 0.0782. The molecule has 18 heavy (non-hydrogen) atoms. The monoisotopic (exact) mass is 333 g/mol. The Labute approximate surface area is 119 Å². The summed E-state index contributed by atoms with van der Waals surface area (Å²) in [5.41, 5.74) is 0.135. The number of alkyl halides is 1. The van der Waals surface area contributed by atoms with Crippen molar-refractivity contribution < 1.29 is 9.18 Å². The third-order valence-electron chi connectivity index (χ3n) is 3.27. The molecule has 1 atom stereocenters. The minimum Gasteiger partial charge on any atom is -0.338 e. The fourth-order valence-corrected chi connectivity index (χ4v) is 2.92. The van der Waals surface area contributed by atoms with Crippen LogP contribution < -0.4 is 0 Å². The van der Waals surface area contributed by atoms with E-state index < -0.39 is 5.82 Å². The summed E-state index contributed by atoms with van der Waals surface area (Å²) in [6.07, 6.45) is 1.86. The number of hydrogen-bond donors (Lipinski definition) is 0. The molecule has 1 fully saturated rings. The van der Waals surface area contributed by atoms with Crippen molar-refractivity contribution >= 4 is 33.4 Å². The van der Waals surface area contributed by atoms with Crippen molar-refractivity contribution in [3.05, 3.63) is 34.1 Å². The van der Waals surface area contributed by atoms with Gasteiger partial charge in [-0.2, -0.15) is 0 Å². The van der Waals surface area contributed by atoms with E-state index in [9.17, 15) is 9.18 Å². The van der Waals surface area contributed by atoms with Crippen LogP contribution >= 0.6 is 27.5 Å². The van der Waals surface area contributed by atoms with Gasteiger partial charge in [-0.25, -0.2) is 4.39 Å². The van der Waals surface area contributed by atoms with Crippen LogP contribution in [-0.4, -0.2) is 29.8 Å². The summed E-state index contributed by atoms with van der Waals surface area (Å²) in [6.45, 7) is 1.36. The number of carbonyl (C=O) groups is 1. The van der Waals surface area contributed by atoms with Crippen molar-refractivity contribution in [2.45, 2.75) is 12.8 Å². The topological polar surface area (TPSA) is 20.3 Å². The number of carbonyl (C=O) groups excluding carboxylic acids is 1. The fraction of sp³-hybridized carbons (Fsp3) is 0.462. The summed E-state index contributed by atoms with van der Waals surface area (Å²) in [6, 6.07) is 4.79. The molecule has 0 saturated carbocycles. The van der Waals surface area contributed by atoms with Crippen LogP contribution in [0.1, 0.15) is 23.2 Å². The van der Waals surface area contributed by atoms with Crippen molar-refractivity contribution in [1.29, 1.82) is 0 Å². The molecule has 0 aliphatic carbocycles. The molecular weight excluding hydrogens is 321 g/mol. The van der Waals surface area contributed by atoms with Crippen LogP contribution in [0.3, 0.4) is 0 Å². The number of hydrogen-bond acceptors (Lipinski definition) is 1. The quantitative estimate of drug-likeness (QED) is 0.772. The van der Waals surface area contributed by atoms with Gasteiger partial charge in [0.2, 0.25) is 0 Å². The summed E-state index contributed by atoms with van der Waals surface area (Å²) in [5.74, 6) is 0.341. The minimum atomic E-state index is -0.483. The van der Waals surface area contributed by atoms with E-state index in [4.69, 9.17) is 11.6 Å². The van der Waals surface area contributed by atoms with Gasteiger partial charge in [-0.05, 0) is 46.8 Å². The SMILES string of the molecule is O=C(c1cccc(Br)c1F)N1CCC(CCCl)C1. The van der Waals surface area contributed by atoms with Crippen LogP contribution in [0.15, 0.2) is 22.7 Å². The molecule has 0 radical (unpaired) electrons. The zero-order valence-electron chi connectivity index (χ0n) is 9.83. The molecule has 1 aliphatic rings. The summed E-state index contributed by atoms with van der Waals surface area (Å²) in [4.78, 5) is 13.9. The minimum absolute atomic E-state index is 0.135. The molecule has 2 nitrogen and oxygen atoms in total. The van der Waals surface area contributed by atoms with Crippen molar-refractivity contribution in [3.63, 3.8) is 0 Å². The summed E-state index contributed by atoms with van der Waals surface area (Å²) in [7, 11) is 0. The van der Waals surface area contributed by atoms with Gasteiger partial charge < -0.3 is 4.90 Å². The first-order valence-electron chi connectivity index (χ1n) is 5.92. The van der Waals surface area contributed by atoms with Crippen LogP contribution in [0.2, 0.25) is 0 Å². The van der Waals surface area contributed by atoms with Crippen LogP contribution in [-0.2, 0) is 0 Å². The Bertz CT molecular complexity index is 455. The van der Waals surface area contributed by atoms with Crippen LogP contribution in [0.25, 0.3) is 0 Å². The Kier molecular flexibility index (Phi) is 4.62. The Morgan fingerprint density at radius 2 is 2.33 bits per heavy atom. The van der Waals surface area contributed by atoms with E-state index in [1.54, 1.807) is 17.0 Å².